The molecule has 4 rings (SSSR count). The van der Waals surface area contributed by atoms with Gasteiger partial charge in [-0.15, -0.1) is 0 Å². The Labute approximate surface area is 175 Å². The molecule has 1 amide bonds. The van der Waals surface area contributed by atoms with Crippen molar-refractivity contribution in [2.75, 3.05) is 29.9 Å². The van der Waals surface area contributed by atoms with Gasteiger partial charge in [-0.05, 0) is 42.5 Å². The van der Waals surface area contributed by atoms with E-state index in [1.807, 2.05) is 47.4 Å². The Bertz CT molecular complexity index is 1080. The lowest BCUT2D eigenvalue weighted by atomic mass is 10.1. The standard InChI is InChI=1S/C24H25N3O3/c28-22-20(21(23(22)29)27-14-4-5-15-27)26-16-18-8-10-19(11-9-18)24(30)25-13-12-17-6-2-1-3-7-17/h1-3,6-11,26H,4-5,12-16H2,(H,25,30). The zero-order valence-corrected chi connectivity index (χ0v) is 16.8. The van der Waals surface area contributed by atoms with Gasteiger partial charge in [0.2, 0.25) is 0 Å². The van der Waals surface area contributed by atoms with Crippen LogP contribution in [0.25, 0.3) is 0 Å². The maximum atomic E-state index is 12.3. The van der Waals surface area contributed by atoms with Crippen molar-refractivity contribution >= 4 is 17.3 Å². The summed E-state index contributed by atoms with van der Waals surface area (Å²) in [5.41, 5.74) is 2.85. The summed E-state index contributed by atoms with van der Waals surface area (Å²) in [6, 6.07) is 17.3. The third kappa shape index (κ3) is 4.27. The van der Waals surface area contributed by atoms with Crippen molar-refractivity contribution in [1.82, 2.24) is 5.32 Å². The van der Waals surface area contributed by atoms with Gasteiger partial charge in [-0.2, -0.15) is 0 Å². The SMILES string of the molecule is O=C(NCCc1ccccc1)c1ccc(CNc2c(N3CCCC3)c(=O)c2=O)cc1. The summed E-state index contributed by atoms with van der Waals surface area (Å²) in [6.07, 6.45) is 2.88. The second-order valence-corrected chi connectivity index (χ2v) is 7.62. The molecular weight excluding hydrogens is 378 g/mol. The van der Waals surface area contributed by atoms with Gasteiger partial charge >= 0.3 is 0 Å². The molecule has 1 saturated heterocycles. The van der Waals surface area contributed by atoms with Crippen LogP contribution in [0.1, 0.15) is 34.3 Å². The van der Waals surface area contributed by atoms with Gasteiger partial charge in [-0.3, -0.25) is 14.4 Å². The number of anilines is 2. The fraction of sp³-hybridized carbons (Fsp3) is 0.292. The van der Waals surface area contributed by atoms with Gasteiger partial charge in [0.15, 0.2) is 0 Å². The average molecular weight is 403 g/mol. The molecule has 154 valence electrons. The molecule has 3 aromatic rings. The van der Waals surface area contributed by atoms with E-state index in [1.54, 1.807) is 12.1 Å². The Morgan fingerprint density at radius 1 is 0.867 bits per heavy atom. The lowest BCUT2D eigenvalue weighted by Gasteiger charge is -2.22. The second-order valence-electron chi connectivity index (χ2n) is 7.62. The molecule has 0 bridgehead atoms. The number of benzene rings is 2. The Kier molecular flexibility index (Phi) is 5.93. The quantitative estimate of drug-likeness (QED) is 0.565. The van der Waals surface area contributed by atoms with E-state index in [0.29, 0.717) is 30.0 Å². The molecule has 0 spiro atoms. The van der Waals surface area contributed by atoms with Crippen molar-refractivity contribution in [1.29, 1.82) is 0 Å². The molecular formula is C24H25N3O3. The molecule has 2 N–H and O–H groups in total. The van der Waals surface area contributed by atoms with Crippen LogP contribution < -0.4 is 26.4 Å². The number of hydrogen-bond donors (Lipinski definition) is 2. The Morgan fingerprint density at radius 3 is 2.27 bits per heavy atom. The predicted molar refractivity (Wildman–Crippen MR) is 119 cm³/mol. The Hall–Kier alpha value is -3.41. The van der Waals surface area contributed by atoms with Crippen molar-refractivity contribution < 1.29 is 4.79 Å². The number of nitrogens with zero attached hydrogens (tertiary/aromatic N) is 1. The zero-order valence-electron chi connectivity index (χ0n) is 16.8. The minimum absolute atomic E-state index is 0.107. The predicted octanol–water partition coefficient (Wildman–Crippen LogP) is 2.47. The van der Waals surface area contributed by atoms with Crippen LogP contribution in [0.15, 0.2) is 64.2 Å². The van der Waals surface area contributed by atoms with Gasteiger partial charge in [0, 0.05) is 31.7 Å². The van der Waals surface area contributed by atoms with Crippen molar-refractivity contribution in [3.63, 3.8) is 0 Å². The first kappa shape index (κ1) is 19.9. The van der Waals surface area contributed by atoms with Gasteiger partial charge in [0.25, 0.3) is 16.8 Å². The minimum Gasteiger partial charge on any atom is -0.376 e. The Balaban J connectivity index is 1.30. The van der Waals surface area contributed by atoms with E-state index < -0.39 is 5.43 Å². The maximum Gasteiger partial charge on any atom is 0.253 e. The first-order chi connectivity index (χ1) is 14.6. The van der Waals surface area contributed by atoms with E-state index in [-0.39, 0.29) is 11.3 Å². The lowest BCUT2D eigenvalue weighted by Crippen LogP contribution is -2.41. The number of nitrogens with one attached hydrogen (secondary N) is 2. The highest BCUT2D eigenvalue weighted by molar-refractivity contribution is 5.94. The van der Waals surface area contributed by atoms with Crippen LogP contribution >= 0.6 is 0 Å². The number of carbonyl (C=O) groups is 1. The summed E-state index contributed by atoms with van der Waals surface area (Å²) >= 11 is 0. The molecule has 0 aromatic heterocycles. The largest absolute Gasteiger partial charge is 0.376 e. The highest BCUT2D eigenvalue weighted by Gasteiger charge is 2.27. The average Bonchev–Trinajstić information content (AvgIpc) is 3.31. The summed E-state index contributed by atoms with van der Waals surface area (Å²) in [7, 11) is 0. The second kappa shape index (κ2) is 8.95. The molecule has 1 aliphatic rings. The fourth-order valence-corrected chi connectivity index (χ4v) is 3.82. The summed E-state index contributed by atoms with van der Waals surface area (Å²) in [4.78, 5) is 38.2. The van der Waals surface area contributed by atoms with E-state index in [0.717, 1.165) is 37.9 Å². The smallest absolute Gasteiger partial charge is 0.253 e. The maximum absolute atomic E-state index is 12.3. The van der Waals surface area contributed by atoms with Crippen molar-refractivity contribution in [3.05, 3.63) is 91.7 Å². The first-order valence-corrected chi connectivity index (χ1v) is 10.4. The summed E-state index contributed by atoms with van der Waals surface area (Å²) < 4.78 is 0. The topological polar surface area (TPSA) is 78.5 Å². The van der Waals surface area contributed by atoms with Crippen LogP contribution in [0, 0.1) is 0 Å². The monoisotopic (exact) mass is 403 g/mol. The molecule has 30 heavy (non-hydrogen) atoms. The highest BCUT2D eigenvalue weighted by atomic mass is 16.2. The molecule has 0 radical (unpaired) electrons. The van der Waals surface area contributed by atoms with Crippen LogP contribution in [-0.2, 0) is 13.0 Å². The van der Waals surface area contributed by atoms with Gasteiger partial charge in [-0.25, -0.2) is 0 Å². The van der Waals surface area contributed by atoms with Crippen molar-refractivity contribution in [2.24, 2.45) is 0 Å². The van der Waals surface area contributed by atoms with Crippen molar-refractivity contribution in [2.45, 2.75) is 25.8 Å². The summed E-state index contributed by atoms with van der Waals surface area (Å²) in [5, 5.41) is 6.04. The van der Waals surface area contributed by atoms with Crippen LogP contribution in [0.4, 0.5) is 11.4 Å². The molecule has 0 unspecified atom stereocenters. The summed E-state index contributed by atoms with van der Waals surface area (Å²) in [5.74, 6) is -0.107. The molecule has 0 aliphatic carbocycles. The molecule has 6 heteroatoms. The van der Waals surface area contributed by atoms with Crippen molar-refractivity contribution in [3.8, 4) is 0 Å². The molecule has 3 aromatic carbocycles. The molecule has 0 atom stereocenters. The third-order valence-electron chi connectivity index (χ3n) is 5.53. The normalized spacial score (nSPS) is 13.5. The number of rotatable bonds is 8. The lowest BCUT2D eigenvalue weighted by molar-refractivity contribution is 0.0954. The molecule has 6 nitrogen and oxygen atoms in total. The van der Waals surface area contributed by atoms with Crippen LogP contribution in [0.2, 0.25) is 0 Å². The third-order valence-corrected chi connectivity index (χ3v) is 5.53. The summed E-state index contributed by atoms with van der Waals surface area (Å²) in [6.45, 7) is 2.67. The van der Waals surface area contributed by atoms with E-state index in [4.69, 9.17) is 0 Å². The van der Waals surface area contributed by atoms with E-state index in [2.05, 4.69) is 10.6 Å². The highest BCUT2D eigenvalue weighted by Crippen LogP contribution is 2.24. The van der Waals surface area contributed by atoms with E-state index in [9.17, 15) is 14.4 Å². The number of amides is 1. The van der Waals surface area contributed by atoms with E-state index >= 15 is 0 Å². The number of hydrogen-bond acceptors (Lipinski definition) is 5. The van der Waals surface area contributed by atoms with Gasteiger partial charge in [0.1, 0.15) is 11.4 Å². The molecule has 1 heterocycles. The fourth-order valence-electron chi connectivity index (χ4n) is 3.82. The van der Waals surface area contributed by atoms with E-state index in [1.165, 1.54) is 5.56 Å². The molecule has 1 fully saturated rings. The van der Waals surface area contributed by atoms with Crippen LogP contribution in [-0.4, -0.2) is 25.5 Å². The zero-order chi connectivity index (χ0) is 20.9. The first-order valence-electron chi connectivity index (χ1n) is 10.4. The number of carbonyl (C=O) groups excluding carboxylic acids is 1. The van der Waals surface area contributed by atoms with Crippen LogP contribution in [0.3, 0.4) is 0 Å². The minimum atomic E-state index is -0.439. The van der Waals surface area contributed by atoms with Gasteiger partial charge in [-0.1, -0.05) is 42.5 Å². The molecule has 1 aliphatic heterocycles. The van der Waals surface area contributed by atoms with Gasteiger partial charge < -0.3 is 15.5 Å². The van der Waals surface area contributed by atoms with Crippen LogP contribution in [0.5, 0.6) is 0 Å². The van der Waals surface area contributed by atoms with Gasteiger partial charge in [0.05, 0.1) is 0 Å². The molecule has 0 saturated carbocycles. The Morgan fingerprint density at radius 2 is 1.57 bits per heavy atom.